The third-order valence-electron chi connectivity index (χ3n) is 2.36. The molecule has 0 aliphatic heterocycles. The van der Waals surface area contributed by atoms with Crippen LogP contribution in [0.4, 0.5) is 0 Å². The summed E-state index contributed by atoms with van der Waals surface area (Å²) in [7, 11) is 0. The monoisotopic (exact) mass is 188 g/mol. The lowest BCUT2D eigenvalue weighted by molar-refractivity contribution is 0.0996. The molecule has 1 heterocycles. The quantitative estimate of drug-likeness (QED) is 0.742. The van der Waals surface area contributed by atoms with Crippen molar-refractivity contribution in [1.82, 2.24) is 4.98 Å². The second-order valence-electron chi connectivity index (χ2n) is 3.32. The van der Waals surface area contributed by atoms with Crippen LogP contribution in [-0.2, 0) is 6.42 Å². The molecule has 3 N–H and O–H groups in total. The molecule has 0 atom stereocenters. The molecule has 0 radical (unpaired) electrons. The Morgan fingerprint density at radius 2 is 2.21 bits per heavy atom. The van der Waals surface area contributed by atoms with Crippen LogP contribution in [0.15, 0.2) is 24.3 Å². The van der Waals surface area contributed by atoms with Crippen LogP contribution in [0.2, 0.25) is 0 Å². The van der Waals surface area contributed by atoms with Crippen LogP contribution < -0.4 is 5.73 Å². The number of nitrogens with one attached hydrogen (secondary N) is 1. The van der Waals surface area contributed by atoms with Crippen molar-refractivity contribution in [3.8, 4) is 0 Å². The Morgan fingerprint density at radius 3 is 2.86 bits per heavy atom. The van der Waals surface area contributed by atoms with Gasteiger partial charge in [0.1, 0.15) is 5.69 Å². The lowest BCUT2D eigenvalue weighted by Crippen LogP contribution is -2.10. The number of fused-ring (bicyclic) bond motifs is 1. The Morgan fingerprint density at radius 1 is 1.43 bits per heavy atom. The van der Waals surface area contributed by atoms with E-state index in [0.717, 1.165) is 17.3 Å². The topological polar surface area (TPSA) is 58.9 Å². The minimum atomic E-state index is -0.417. The maximum absolute atomic E-state index is 10.9. The lowest BCUT2D eigenvalue weighted by Gasteiger charge is -1.94. The second-order valence-corrected chi connectivity index (χ2v) is 3.32. The first-order valence-corrected chi connectivity index (χ1v) is 4.62. The van der Waals surface area contributed by atoms with E-state index in [1.165, 1.54) is 5.56 Å². The number of aryl methyl sites for hydroxylation is 1. The van der Waals surface area contributed by atoms with Crippen molar-refractivity contribution in [3.63, 3.8) is 0 Å². The number of aromatic nitrogens is 1. The van der Waals surface area contributed by atoms with Crippen molar-refractivity contribution >= 4 is 16.8 Å². The molecular weight excluding hydrogens is 176 g/mol. The van der Waals surface area contributed by atoms with Crippen molar-refractivity contribution in [2.75, 3.05) is 0 Å². The highest BCUT2D eigenvalue weighted by atomic mass is 16.1. The zero-order chi connectivity index (χ0) is 10.1. The lowest BCUT2D eigenvalue weighted by atomic mass is 10.1. The van der Waals surface area contributed by atoms with Gasteiger partial charge < -0.3 is 10.7 Å². The van der Waals surface area contributed by atoms with Gasteiger partial charge >= 0.3 is 0 Å². The molecule has 1 aromatic heterocycles. The van der Waals surface area contributed by atoms with Crippen molar-refractivity contribution in [2.24, 2.45) is 5.73 Å². The van der Waals surface area contributed by atoms with Crippen LogP contribution in [0, 0.1) is 0 Å². The predicted octanol–water partition coefficient (Wildman–Crippen LogP) is 1.83. The number of benzene rings is 1. The molecule has 72 valence electrons. The van der Waals surface area contributed by atoms with E-state index < -0.39 is 5.91 Å². The van der Waals surface area contributed by atoms with E-state index in [1.807, 2.05) is 12.1 Å². The molecule has 0 saturated carbocycles. The number of nitrogens with two attached hydrogens (primary N) is 1. The summed E-state index contributed by atoms with van der Waals surface area (Å²) in [4.78, 5) is 13.9. The molecule has 2 aromatic rings. The van der Waals surface area contributed by atoms with Crippen molar-refractivity contribution in [2.45, 2.75) is 13.3 Å². The molecule has 0 aliphatic rings. The summed E-state index contributed by atoms with van der Waals surface area (Å²) in [6.45, 7) is 2.10. The second kappa shape index (κ2) is 3.18. The predicted molar refractivity (Wildman–Crippen MR) is 56.2 cm³/mol. The highest BCUT2D eigenvalue weighted by Crippen LogP contribution is 2.17. The summed E-state index contributed by atoms with van der Waals surface area (Å²) >= 11 is 0. The molecule has 1 aromatic carbocycles. The van der Waals surface area contributed by atoms with Gasteiger partial charge in [0.15, 0.2) is 0 Å². The average molecular weight is 188 g/mol. The van der Waals surface area contributed by atoms with Gasteiger partial charge in [-0.15, -0.1) is 0 Å². The summed E-state index contributed by atoms with van der Waals surface area (Å²) in [6.07, 6.45) is 0.993. The number of hydrogen-bond donors (Lipinski definition) is 2. The maximum Gasteiger partial charge on any atom is 0.265 e. The number of carbonyl (C=O) groups excluding carboxylic acids is 1. The van der Waals surface area contributed by atoms with Crippen LogP contribution in [0.25, 0.3) is 10.9 Å². The van der Waals surface area contributed by atoms with Crippen LogP contribution in [-0.4, -0.2) is 10.9 Å². The fourth-order valence-corrected chi connectivity index (χ4v) is 1.53. The third kappa shape index (κ3) is 1.37. The van der Waals surface area contributed by atoms with Gasteiger partial charge in [-0.2, -0.15) is 0 Å². The zero-order valence-electron chi connectivity index (χ0n) is 8.00. The molecule has 14 heavy (non-hydrogen) atoms. The Bertz CT molecular complexity index is 485. The smallest absolute Gasteiger partial charge is 0.265 e. The Balaban J connectivity index is 2.60. The van der Waals surface area contributed by atoms with Gasteiger partial charge in [-0.05, 0) is 30.2 Å². The molecule has 0 fully saturated rings. The molecule has 0 unspecified atom stereocenters. The van der Waals surface area contributed by atoms with Crippen LogP contribution in [0.1, 0.15) is 23.0 Å². The van der Waals surface area contributed by atoms with E-state index >= 15 is 0 Å². The number of carbonyl (C=O) groups is 1. The molecule has 3 heteroatoms. The summed E-state index contributed by atoms with van der Waals surface area (Å²) in [5.41, 5.74) is 7.86. The molecule has 0 bridgehead atoms. The highest BCUT2D eigenvalue weighted by molar-refractivity contribution is 5.97. The highest BCUT2D eigenvalue weighted by Gasteiger charge is 2.05. The first kappa shape index (κ1) is 8.81. The summed E-state index contributed by atoms with van der Waals surface area (Å²) in [5, 5.41) is 1.04. The van der Waals surface area contributed by atoms with E-state index in [0.29, 0.717) is 5.69 Å². The van der Waals surface area contributed by atoms with E-state index in [1.54, 1.807) is 6.07 Å². The van der Waals surface area contributed by atoms with Crippen LogP contribution in [0.3, 0.4) is 0 Å². The van der Waals surface area contributed by atoms with E-state index in [9.17, 15) is 4.79 Å². The zero-order valence-corrected chi connectivity index (χ0v) is 8.00. The van der Waals surface area contributed by atoms with Gasteiger partial charge in [0, 0.05) is 10.9 Å². The van der Waals surface area contributed by atoms with Gasteiger partial charge in [-0.3, -0.25) is 4.79 Å². The number of primary amides is 1. The Labute approximate surface area is 81.9 Å². The minimum Gasteiger partial charge on any atom is -0.364 e. The van der Waals surface area contributed by atoms with Crippen molar-refractivity contribution < 1.29 is 4.79 Å². The van der Waals surface area contributed by atoms with Crippen LogP contribution in [0.5, 0.6) is 0 Å². The fourth-order valence-electron chi connectivity index (χ4n) is 1.53. The average Bonchev–Trinajstić information content (AvgIpc) is 2.59. The minimum absolute atomic E-state index is 0.417. The Hall–Kier alpha value is -1.77. The maximum atomic E-state index is 10.9. The van der Waals surface area contributed by atoms with E-state index in [4.69, 9.17) is 5.73 Å². The molecule has 0 aliphatic carbocycles. The standard InChI is InChI=1S/C11H12N2O/c1-2-7-3-4-9-8(5-7)6-10(13-9)11(12)14/h3-6,13H,2H2,1H3,(H2,12,14). The number of aromatic amines is 1. The Kier molecular flexibility index (Phi) is 2.00. The number of rotatable bonds is 2. The summed E-state index contributed by atoms with van der Waals surface area (Å²) in [5.74, 6) is -0.417. The van der Waals surface area contributed by atoms with E-state index in [-0.39, 0.29) is 0 Å². The molecule has 0 spiro atoms. The first-order chi connectivity index (χ1) is 6.70. The van der Waals surface area contributed by atoms with Gasteiger partial charge in [-0.1, -0.05) is 13.0 Å². The SMILES string of the molecule is CCc1ccc2[nH]c(C(N)=O)cc2c1. The van der Waals surface area contributed by atoms with Gasteiger partial charge in [0.05, 0.1) is 0 Å². The first-order valence-electron chi connectivity index (χ1n) is 4.62. The molecular formula is C11H12N2O. The molecule has 1 amide bonds. The van der Waals surface area contributed by atoms with Crippen molar-refractivity contribution in [1.29, 1.82) is 0 Å². The van der Waals surface area contributed by atoms with Crippen LogP contribution >= 0.6 is 0 Å². The van der Waals surface area contributed by atoms with Gasteiger partial charge in [-0.25, -0.2) is 0 Å². The molecule has 0 saturated heterocycles. The number of amides is 1. The summed E-state index contributed by atoms with van der Waals surface area (Å²) in [6, 6.07) is 7.87. The molecule has 3 nitrogen and oxygen atoms in total. The van der Waals surface area contributed by atoms with Crippen molar-refractivity contribution in [3.05, 3.63) is 35.5 Å². The van der Waals surface area contributed by atoms with Gasteiger partial charge in [0.25, 0.3) is 5.91 Å². The van der Waals surface area contributed by atoms with E-state index in [2.05, 4.69) is 18.0 Å². The normalized spacial score (nSPS) is 10.6. The summed E-state index contributed by atoms with van der Waals surface area (Å²) < 4.78 is 0. The third-order valence-corrected chi connectivity index (χ3v) is 2.36. The fraction of sp³-hybridized carbons (Fsp3) is 0.182. The molecule has 2 rings (SSSR count). The number of H-pyrrole nitrogens is 1. The van der Waals surface area contributed by atoms with Gasteiger partial charge in [0.2, 0.25) is 0 Å². The number of hydrogen-bond acceptors (Lipinski definition) is 1. The largest absolute Gasteiger partial charge is 0.364 e.